The first-order valence-electron chi connectivity index (χ1n) is 5.83. The maximum Gasteiger partial charge on any atom is 0.536 e. The molecule has 122 valence electrons. The Hall–Kier alpha value is -2.28. The standard InChI is InChI=1S/C10H7F3N2O4S.C2H6/c1-18-8-4-2-7(3-5-8)9(6-14)15-19-20(16,17)10(11,12)13;1-2/h2-5H,1H3;1-2H3/b15-9+;. The van der Waals surface area contributed by atoms with Crippen LogP contribution in [0.1, 0.15) is 19.4 Å². The molecule has 0 fully saturated rings. The molecule has 1 aromatic carbocycles. The van der Waals surface area contributed by atoms with E-state index in [0.29, 0.717) is 5.75 Å². The molecule has 0 unspecified atom stereocenters. The molecule has 0 aliphatic carbocycles. The number of methoxy groups -OCH3 is 1. The highest BCUT2D eigenvalue weighted by molar-refractivity contribution is 7.87. The molecule has 0 heterocycles. The van der Waals surface area contributed by atoms with Crippen molar-refractivity contribution >= 4 is 15.8 Å². The van der Waals surface area contributed by atoms with Crippen molar-refractivity contribution in [2.75, 3.05) is 7.11 Å². The molecule has 0 atom stereocenters. The minimum atomic E-state index is -5.89. The number of benzene rings is 1. The van der Waals surface area contributed by atoms with Gasteiger partial charge in [0.15, 0.2) is 5.71 Å². The Bertz CT molecular complexity index is 646. The summed E-state index contributed by atoms with van der Waals surface area (Å²) in [6, 6.07) is 6.89. The van der Waals surface area contributed by atoms with Crippen molar-refractivity contribution in [3.05, 3.63) is 29.8 Å². The Morgan fingerprint density at radius 1 is 1.23 bits per heavy atom. The van der Waals surface area contributed by atoms with Crippen molar-refractivity contribution in [3.8, 4) is 11.8 Å². The predicted molar refractivity (Wildman–Crippen MR) is 72.6 cm³/mol. The fraction of sp³-hybridized carbons (Fsp3) is 0.333. The number of alkyl halides is 3. The van der Waals surface area contributed by atoms with E-state index < -0.39 is 21.3 Å². The van der Waals surface area contributed by atoms with Gasteiger partial charge in [-0.25, -0.2) is 0 Å². The third-order valence-corrected chi connectivity index (χ3v) is 2.82. The number of nitrogens with zero attached hydrogens (tertiary/aromatic N) is 2. The van der Waals surface area contributed by atoms with Gasteiger partial charge in [-0.2, -0.15) is 26.9 Å². The molecular formula is C12H13F3N2O4S. The number of hydrogen-bond donors (Lipinski definition) is 0. The van der Waals surface area contributed by atoms with Gasteiger partial charge < -0.3 is 4.74 Å². The third-order valence-electron chi connectivity index (χ3n) is 1.98. The number of rotatable bonds is 4. The van der Waals surface area contributed by atoms with E-state index in [4.69, 9.17) is 10.00 Å². The molecule has 0 aliphatic rings. The lowest BCUT2D eigenvalue weighted by Crippen LogP contribution is -2.24. The number of nitriles is 1. The van der Waals surface area contributed by atoms with Gasteiger partial charge in [0.25, 0.3) is 0 Å². The second-order valence-electron chi connectivity index (χ2n) is 3.25. The zero-order valence-electron chi connectivity index (χ0n) is 11.9. The van der Waals surface area contributed by atoms with Crippen LogP contribution in [0.2, 0.25) is 0 Å². The van der Waals surface area contributed by atoms with E-state index in [1.54, 1.807) is 0 Å². The van der Waals surface area contributed by atoms with Crippen LogP contribution < -0.4 is 4.74 Å². The molecule has 1 rings (SSSR count). The van der Waals surface area contributed by atoms with Gasteiger partial charge in [-0.05, 0) is 24.3 Å². The second kappa shape index (κ2) is 8.23. The van der Waals surface area contributed by atoms with Gasteiger partial charge in [-0.1, -0.05) is 19.0 Å². The predicted octanol–water partition coefficient (Wildman–Crippen LogP) is 2.82. The lowest BCUT2D eigenvalue weighted by atomic mass is 10.1. The smallest absolute Gasteiger partial charge is 0.497 e. The maximum absolute atomic E-state index is 12.0. The fourth-order valence-electron chi connectivity index (χ4n) is 1.02. The van der Waals surface area contributed by atoms with Crippen LogP contribution in [0.25, 0.3) is 0 Å². The van der Waals surface area contributed by atoms with Crippen molar-refractivity contribution in [3.63, 3.8) is 0 Å². The zero-order valence-corrected chi connectivity index (χ0v) is 12.7. The van der Waals surface area contributed by atoms with Gasteiger partial charge in [0.05, 0.1) is 7.11 Å². The largest absolute Gasteiger partial charge is 0.536 e. The summed E-state index contributed by atoms with van der Waals surface area (Å²) in [5, 5.41) is 11.5. The maximum atomic E-state index is 12.0. The van der Waals surface area contributed by atoms with Crippen molar-refractivity contribution in [2.24, 2.45) is 5.16 Å². The first-order valence-corrected chi connectivity index (χ1v) is 7.24. The number of ether oxygens (including phenoxy) is 1. The van der Waals surface area contributed by atoms with E-state index in [9.17, 15) is 21.6 Å². The van der Waals surface area contributed by atoms with Crippen LogP contribution in [0.4, 0.5) is 13.2 Å². The average Bonchev–Trinajstić information content (AvgIpc) is 2.49. The Morgan fingerprint density at radius 3 is 2.09 bits per heavy atom. The molecule has 10 heteroatoms. The highest BCUT2D eigenvalue weighted by Gasteiger charge is 2.49. The van der Waals surface area contributed by atoms with Crippen molar-refractivity contribution in [2.45, 2.75) is 19.4 Å². The molecule has 0 aromatic heterocycles. The SMILES string of the molecule is CC.COc1ccc(/C(C#N)=N/OS(=O)(=O)C(F)(F)F)cc1. The zero-order chi connectivity index (χ0) is 17.4. The molecule has 0 saturated carbocycles. The normalized spacial score (nSPS) is 11.8. The molecule has 0 N–H and O–H groups in total. The molecule has 0 bridgehead atoms. The summed E-state index contributed by atoms with van der Waals surface area (Å²) in [6.07, 6.45) is 0. The molecule has 0 radical (unpaired) electrons. The van der Waals surface area contributed by atoms with Crippen molar-refractivity contribution < 1.29 is 30.6 Å². The van der Waals surface area contributed by atoms with Crippen LogP contribution in [-0.4, -0.2) is 26.7 Å². The van der Waals surface area contributed by atoms with Crippen LogP contribution in [0, 0.1) is 11.3 Å². The highest BCUT2D eigenvalue weighted by atomic mass is 32.2. The van der Waals surface area contributed by atoms with E-state index in [0.717, 1.165) is 0 Å². The number of hydrogen-bond acceptors (Lipinski definition) is 6. The first-order chi connectivity index (χ1) is 10.2. The lowest BCUT2D eigenvalue weighted by Gasteiger charge is -2.05. The van der Waals surface area contributed by atoms with E-state index in [1.165, 1.54) is 37.4 Å². The van der Waals surface area contributed by atoms with Gasteiger partial charge in [0.2, 0.25) is 0 Å². The van der Waals surface area contributed by atoms with Crippen molar-refractivity contribution in [1.82, 2.24) is 0 Å². The summed E-state index contributed by atoms with van der Waals surface area (Å²) in [6.45, 7) is 4.00. The molecule has 0 saturated heterocycles. The molecule has 22 heavy (non-hydrogen) atoms. The average molecular weight is 338 g/mol. The number of halogens is 3. The minimum absolute atomic E-state index is 0.0747. The molecule has 0 aliphatic heterocycles. The summed E-state index contributed by atoms with van der Waals surface area (Å²) in [5.41, 5.74) is -6.16. The molecule has 1 aromatic rings. The summed E-state index contributed by atoms with van der Waals surface area (Å²) in [5.74, 6) is 0.440. The van der Waals surface area contributed by atoms with Crippen LogP contribution in [0.5, 0.6) is 5.75 Å². The topological polar surface area (TPSA) is 88.8 Å². The summed E-state index contributed by atoms with van der Waals surface area (Å²) in [7, 11) is -4.49. The first kappa shape index (κ1) is 19.7. The molecule has 6 nitrogen and oxygen atoms in total. The number of oxime groups is 1. The Kier molecular flexibility index (Phi) is 7.38. The Balaban J connectivity index is 0.00000211. The summed E-state index contributed by atoms with van der Waals surface area (Å²) < 4.78 is 65.5. The van der Waals surface area contributed by atoms with E-state index in [-0.39, 0.29) is 5.56 Å². The van der Waals surface area contributed by atoms with E-state index >= 15 is 0 Å². The third kappa shape index (κ3) is 5.25. The fourth-order valence-corrected chi connectivity index (χ4v) is 1.27. The summed E-state index contributed by atoms with van der Waals surface area (Å²) in [4.78, 5) is 0. The molecule has 0 spiro atoms. The van der Waals surface area contributed by atoms with Gasteiger partial charge >= 0.3 is 15.6 Å². The second-order valence-corrected chi connectivity index (χ2v) is 4.77. The van der Waals surface area contributed by atoms with Crippen LogP contribution in [0.15, 0.2) is 29.4 Å². The summed E-state index contributed by atoms with van der Waals surface area (Å²) >= 11 is 0. The lowest BCUT2D eigenvalue weighted by molar-refractivity contribution is -0.0540. The molecular weight excluding hydrogens is 325 g/mol. The minimum Gasteiger partial charge on any atom is -0.497 e. The van der Waals surface area contributed by atoms with Crippen LogP contribution in [-0.2, 0) is 14.4 Å². The molecule has 0 amide bonds. The van der Waals surface area contributed by atoms with Crippen LogP contribution >= 0.6 is 0 Å². The monoisotopic (exact) mass is 338 g/mol. The van der Waals surface area contributed by atoms with Crippen molar-refractivity contribution in [1.29, 1.82) is 5.26 Å². The quantitative estimate of drug-likeness (QED) is 0.478. The van der Waals surface area contributed by atoms with Gasteiger partial charge in [0.1, 0.15) is 11.8 Å². The van der Waals surface area contributed by atoms with E-state index in [2.05, 4.69) is 9.44 Å². The highest BCUT2D eigenvalue weighted by Crippen LogP contribution is 2.25. The van der Waals surface area contributed by atoms with Crippen LogP contribution in [0.3, 0.4) is 0 Å². The van der Waals surface area contributed by atoms with Gasteiger partial charge in [-0.3, -0.25) is 4.28 Å². The van der Waals surface area contributed by atoms with Gasteiger partial charge in [0, 0.05) is 5.56 Å². The Morgan fingerprint density at radius 2 is 1.73 bits per heavy atom. The van der Waals surface area contributed by atoms with E-state index in [1.807, 2.05) is 13.8 Å². The Labute approximate surface area is 125 Å². The van der Waals surface area contributed by atoms with Gasteiger partial charge in [-0.15, -0.1) is 0 Å².